The van der Waals surface area contributed by atoms with Crippen molar-refractivity contribution in [1.29, 1.82) is 0 Å². The van der Waals surface area contributed by atoms with Crippen LogP contribution in [0.2, 0.25) is 0 Å². The fourth-order valence-corrected chi connectivity index (χ4v) is 1.63. The van der Waals surface area contributed by atoms with Crippen molar-refractivity contribution < 1.29 is 9.90 Å². The molecule has 0 atom stereocenters. The molecule has 2 aromatic rings. The molecule has 0 bridgehead atoms. The molecule has 0 saturated carbocycles. The summed E-state index contributed by atoms with van der Waals surface area (Å²) in [5.41, 5.74) is 6.74. The van der Waals surface area contributed by atoms with Gasteiger partial charge >= 0.3 is 5.97 Å². The number of benzene rings is 1. The molecule has 0 saturated heterocycles. The van der Waals surface area contributed by atoms with E-state index in [1.54, 1.807) is 12.1 Å². The van der Waals surface area contributed by atoms with E-state index in [0.717, 1.165) is 5.39 Å². The van der Waals surface area contributed by atoms with Crippen molar-refractivity contribution in [3.05, 3.63) is 34.4 Å². The Morgan fingerprint density at radius 3 is 2.67 bits per heavy atom. The summed E-state index contributed by atoms with van der Waals surface area (Å²) < 4.78 is 0.713. The van der Waals surface area contributed by atoms with Crippen molar-refractivity contribution in [2.75, 3.05) is 5.73 Å². The second-order valence-corrected chi connectivity index (χ2v) is 3.89. The second-order valence-electron chi connectivity index (χ2n) is 3.03. The van der Waals surface area contributed by atoms with Crippen LogP contribution >= 0.6 is 15.9 Å². The van der Waals surface area contributed by atoms with E-state index in [4.69, 9.17) is 10.8 Å². The van der Waals surface area contributed by atoms with Gasteiger partial charge in [-0.2, -0.15) is 0 Å². The average Bonchev–Trinajstić information content (AvgIpc) is 2.23. The summed E-state index contributed by atoms with van der Waals surface area (Å²) in [6, 6.07) is 6.78. The third-order valence-electron chi connectivity index (χ3n) is 2.07. The molecule has 3 N–H and O–H groups in total. The van der Waals surface area contributed by atoms with Gasteiger partial charge in [0.25, 0.3) is 0 Å². The second kappa shape index (κ2) is 3.51. The Balaban J connectivity index is 2.79. The quantitative estimate of drug-likeness (QED) is 0.777. The topological polar surface area (TPSA) is 76.2 Å². The number of fused-ring (bicyclic) bond motifs is 1. The molecule has 1 aromatic heterocycles. The van der Waals surface area contributed by atoms with E-state index in [2.05, 4.69) is 20.9 Å². The maximum Gasteiger partial charge on any atom is 0.354 e. The standard InChI is InChI=1S/C10H7BrN2O2/c11-6-3-1-5-2-4-7(10(14)15)13-9(5)8(6)12/h1-4H,12H2,(H,14,15). The maximum absolute atomic E-state index is 10.7. The number of carboxylic acid groups (broad SMARTS) is 1. The summed E-state index contributed by atoms with van der Waals surface area (Å²) in [7, 11) is 0. The Morgan fingerprint density at radius 1 is 1.33 bits per heavy atom. The minimum absolute atomic E-state index is 0.00713. The van der Waals surface area contributed by atoms with Crippen LogP contribution in [0, 0.1) is 0 Å². The number of nitrogens with two attached hydrogens (primary N) is 1. The minimum Gasteiger partial charge on any atom is -0.477 e. The highest BCUT2D eigenvalue weighted by molar-refractivity contribution is 9.10. The van der Waals surface area contributed by atoms with E-state index in [1.807, 2.05) is 6.07 Å². The Labute approximate surface area is 93.9 Å². The van der Waals surface area contributed by atoms with Gasteiger partial charge in [0.1, 0.15) is 5.69 Å². The number of halogens is 1. The number of carbonyl (C=O) groups is 1. The molecule has 0 radical (unpaired) electrons. The molecule has 0 spiro atoms. The van der Waals surface area contributed by atoms with Gasteiger partial charge in [-0.05, 0) is 28.1 Å². The average molecular weight is 267 g/mol. The third kappa shape index (κ3) is 1.66. The first-order valence-electron chi connectivity index (χ1n) is 4.17. The molecule has 5 heteroatoms. The molecule has 0 aliphatic rings. The molecule has 76 valence electrons. The van der Waals surface area contributed by atoms with Gasteiger partial charge in [-0.15, -0.1) is 0 Å². The van der Waals surface area contributed by atoms with Crippen LogP contribution in [-0.2, 0) is 0 Å². The Bertz CT molecular complexity index is 554. The van der Waals surface area contributed by atoms with Crippen molar-refractivity contribution in [3.63, 3.8) is 0 Å². The summed E-state index contributed by atoms with van der Waals surface area (Å²) in [4.78, 5) is 14.7. The van der Waals surface area contributed by atoms with Gasteiger partial charge in [0.15, 0.2) is 0 Å². The van der Waals surface area contributed by atoms with Crippen LogP contribution in [0.15, 0.2) is 28.7 Å². The fraction of sp³-hybridized carbons (Fsp3) is 0. The van der Waals surface area contributed by atoms with E-state index in [1.165, 1.54) is 6.07 Å². The van der Waals surface area contributed by atoms with E-state index in [9.17, 15) is 4.79 Å². The smallest absolute Gasteiger partial charge is 0.354 e. The van der Waals surface area contributed by atoms with Crippen molar-refractivity contribution >= 4 is 38.5 Å². The predicted molar refractivity (Wildman–Crippen MR) is 60.8 cm³/mol. The first-order chi connectivity index (χ1) is 7.09. The van der Waals surface area contributed by atoms with Crippen LogP contribution in [0.5, 0.6) is 0 Å². The number of carboxylic acids is 1. The first kappa shape index (κ1) is 9.92. The van der Waals surface area contributed by atoms with Crippen LogP contribution in [-0.4, -0.2) is 16.1 Å². The number of hydrogen-bond acceptors (Lipinski definition) is 3. The van der Waals surface area contributed by atoms with Gasteiger partial charge < -0.3 is 10.8 Å². The van der Waals surface area contributed by atoms with Crippen molar-refractivity contribution in [1.82, 2.24) is 4.98 Å². The molecule has 2 rings (SSSR count). The van der Waals surface area contributed by atoms with Crippen molar-refractivity contribution in [2.24, 2.45) is 0 Å². The Morgan fingerprint density at radius 2 is 2.00 bits per heavy atom. The van der Waals surface area contributed by atoms with Gasteiger partial charge in [-0.1, -0.05) is 12.1 Å². The molecule has 0 unspecified atom stereocenters. The molecule has 0 aliphatic carbocycles. The first-order valence-corrected chi connectivity index (χ1v) is 4.97. The highest BCUT2D eigenvalue weighted by Crippen LogP contribution is 2.27. The zero-order valence-electron chi connectivity index (χ0n) is 7.57. The molecule has 0 fully saturated rings. The Kier molecular flexibility index (Phi) is 2.32. The molecule has 0 aliphatic heterocycles. The van der Waals surface area contributed by atoms with Crippen LogP contribution in [0.1, 0.15) is 10.5 Å². The summed E-state index contributed by atoms with van der Waals surface area (Å²) in [5, 5.41) is 9.61. The lowest BCUT2D eigenvalue weighted by Gasteiger charge is -2.04. The van der Waals surface area contributed by atoms with E-state index in [-0.39, 0.29) is 5.69 Å². The largest absolute Gasteiger partial charge is 0.477 e. The number of aromatic nitrogens is 1. The van der Waals surface area contributed by atoms with E-state index < -0.39 is 5.97 Å². The summed E-state index contributed by atoms with van der Waals surface area (Å²) in [6.07, 6.45) is 0. The fourth-order valence-electron chi connectivity index (χ4n) is 1.31. The van der Waals surface area contributed by atoms with Crippen LogP contribution in [0.3, 0.4) is 0 Å². The monoisotopic (exact) mass is 266 g/mol. The number of aromatic carboxylic acids is 1. The summed E-state index contributed by atoms with van der Waals surface area (Å²) in [6.45, 7) is 0. The van der Waals surface area contributed by atoms with Gasteiger partial charge in [-0.25, -0.2) is 9.78 Å². The Hall–Kier alpha value is -1.62. The molecular weight excluding hydrogens is 260 g/mol. The van der Waals surface area contributed by atoms with Gasteiger partial charge in [-0.3, -0.25) is 0 Å². The number of anilines is 1. The number of nitrogens with zero attached hydrogens (tertiary/aromatic N) is 1. The van der Waals surface area contributed by atoms with Crippen LogP contribution in [0.25, 0.3) is 10.9 Å². The molecular formula is C10H7BrN2O2. The summed E-state index contributed by atoms with van der Waals surface area (Å²) >= 11 is 3.27. The zero-order chi connectivity index (χ0) is 11.0. The number of hydrogen-bond donors (Lipinski definition) is 2. The summed E-state index contributed by atoms with van der Waals surface area (Å²) in [5.74, 6) is -1.06. The lowest BCUT2D eigenvalue weighted by Crippen LogP contribution is -2.01. The normalized spacial score (nSPS) is 10.5. The van der Waals surface area contributed by atoms with E-state index >= 15 is 0 Å². The van der Waals surface area contributed by atoms with Gasteiger partial charge in [0.05, 0.1) is 11.2 Å². The molecule has 1 aromatic carbocycles. The maximum atomic E-state index is 10.7. The number of nitrogen functional groups attached to an aromatic ring is 1. The molecule has 1 heterocycles. The predicted octanol–water partition coefficient (Wildman–Crippen LogP) is 2.28. The number of pyridine rings is 1. The van der Waals surface area contributed by atoms with Crippen molar-refractivity contribution in [3.8, 4) is 0 Å². The van der Waals surface area contributed by atoms with Gasteiger partial charge in [0, 0.05) is 9.86 Å². The highest BCUT2D eigenvalue weighted by atomic mass is 79.9. The van der Waals surface area contributed by atoms with Gasteiger partial charge in [0.2, 0.25) is 0 Å². The molecule has 15 heavy (non-hydrogen) atoms. The molecule has 4 nitrogen and oxygen atoms in total. The van der Waals surface area contributed by atoms with Crippen molar-refractivity contribution in [2.45, 2.75) is 0 Å². The van der Waals surface area contributed by atoms with Crippen LogP contribution < -0.4 is 5.73 Å². The molecule has 0 amide bonds. The van der Waals surface area contributed by atoms with E-state index in [0.29, 0.717) is 15.7 Å². The zero-order valence-corrected chi connectivity index (χ0v) is 9.15. The minimum atomic E-state index is -1.06. The lowest BCUT2D eigenvalue weighted by molar-refractivity contribution is 0.0691. The highest BCUT2D eigenvalue weighted by Gasteiger charge is 2.08. The third-order valence-corrected chi connectivity index (χ3v) is 2.76. The SMILES string of the molecule is Nc1c(Br)ccc2ccc(C(=O)O)nc12. The van der Waals surface area contributed by atoms with Crippen LogP contribution in [0.4, 0.5) is 5.69 Å². The number of rotatable bonds is 1. The lowest BCUT2D eigenvalue weighted by atomic mass is 10.2.